The molecule has 1 N–H and O–H groups in total. The second-order valence-electron chi connectivity index (χ2n) is 7.13. The van der Waals surface area contributed by atoms with Gasteiger partial charge >= 0.3 is 0 Å². The molecule has 138 valence electrons. The zero-order valence-electron chi connectivity index (χ0n) is 15.1. The van der Waals surface area contributed by atoms with Gasteiger partial charge in [-0.3, -0.25) is 9.69 Å². The molecule has 0 bridgehead atoms. The Bertz CT molecular complexity index is 613. The summed E-state index contributed by atoms with van der Waals surface area (Å²) in [5.74, 6) is 3.08. The molecular formula is C18H27BrN4OS. The molecule has 2 aliphatic rings. The number of carbonyl (C=O) groups is 1. The van der Waals surface area contributed by atoms with Crippen LogP contribution >= 0.6 is 27.7 Å². The highest BCUT2D eigenvalue weighted by Crippen LogP contribution is 2.36. The van der Waals surface area contributed by atoms with E-state index >= 15 is 0 Å². The van der Waals surface area contributed by atoms with Gasteiger partial charge in [0.2, 0.25) is 0 Å². The SMILES string of the molecule is CN(C)c1ncc(Br)cc1C(=O)NCC1(N2CCSCC2)CCCC1. The van der Waals surface area contributed by atoms with E-state index < -0.39 is 0 Å². The number of carbonyl (C=O) groups excluding carboxylic acids is 1. The molecule has 1 amide bonds. The van der Waals surface area contributed by atoms with Crippen LogP contribution in [0.1, 0.15) is 36.0 Å². The molecule has 2 fully saturated rings. The van der Waals surface area contributed by atoms with Crippen LogP contribution in [0, 0.1) is 0 Å². The number of anilines is 1. The van der Waals surface area contributed by atoms with Gasteiger partial charge in [-0.25, -0.2) is 4.98 Å². The lowest BCUT2D eigenvalue weighted by molar-refractivity contribution is 0.0817. The summed E-state index contributed by atoms with van der Waals surface area (Å²) in [6, 6.07) is 1.86. The number of hydrogen-bond donors (Lipinski definition) is 1. The zero-order valence-corrected chi connectivity index (χ0v) is 17.5. The minimum atomic E-state index is -0.0323. The average molecular weight is 427 g/mol. The minimum Gasteiger partial charge on any atom is -0.362 e. The lowest BCUT2D eigenvalue weighted by atomic mass is 9.94. The van der Waals surface area contributed by atoms with Crippen molar-refractivity contribution in [3.63, 3.8) is 0 Å². The maximum Gasteiger partial charge on any atom is 0.255 e. The lowest BCUT2D eigenvalue weighted by Crippen LogP contribution is -2.56. The van der Waals surface area contributed by atoms with E-state index in [1.807, 2.05) is 36.8 Å². The monoisotopic (exact) mass is 426 g/mol. The molecule has 1 saturated carbocycles. The zero-order chi connectivity index (χ0) is 17.9. The van der Waals surface area contributed by atoms with Gasteiger partial charge in [0.05, 0.1) is 5.56 Å². The van der Waals surface area contributed by atoms with Gasteiger partial charge in [0.15, 0.2) is 0 Å². The van der Waals surface area contributed by atoms with E-state index in [-0.39, 0.29) is 11.4 Å². The third-order valence-corrected chi connectivity index (χ3v) is 6.67. The second-order valence-corrected chi connectivity index (χ2v) is 9.27. The number of halogens is 1. The average Bonchev–Trinajstić information content (AvgIpc) is 3.10. The molecule has 0 atom stereocenters. The van der Waals surface area contributed by atoms with Crippen LogP contribution in [-0.4, -0.2) is 66.6 Å². The van der Waals surface area contributed by atoms with Crippen molar-refractivity contribution in [2.45, 2.75) is 31.2 Å². The van der Waals surface area contributed by atoms with Gasteiger partial charge in [-0.1, -0.05) is 12.8 Å². The summed E-state index contributed by atoms with van der Waals surface area (Å²) >= 11 is 5.47. The maximum absolute atomic E-state index is 12.9. The van der Waals surface area contributed by atoms with E-state index in [9.17, 15) is 4.79 Å². The first-order valence-electron chi connectivity index (χ1n) is 8.96. The summed E-state index contributed by atoms with van der Waals surface area (Å²) in [5.41, 5.74) is 0.774. The van der Waals surface area contributed by atoms with Gasteiger partial charge in [0, 0.05) is 61.4 Å². The van der Waals surface area contributed by atoms with Crippen LogP contribution in [0.2, 0.25) is 0 Å². The van der Waals surface area contributed by atoms with E-state index in [0.29, 0.717) is 11.4 Å². The fraction of sp³-hybridized carbons (Fsp3) is 0.667. The Morgan fingerprint density at radius 2 is 2.04 bits per heavy atom. The van der Waals surface area contributed by atoms with Crippen molar-refractivity contribution in [3.8, 4) is 0 Å². The Balaban J connectivity index is 1.73. The molecule has 0 unspecified atom stereocenters. The molecule has 0 aromatic carbocycles. The summed E-state index contributed by atoms with van der Waals surface area (Å²) < 4.78 is 0.826. The van der Waals surface area contributed by atoms with Crippen molar-refractivity contribution >= 4 is 39.4 Å². The molecule has 7 heteroatoms. The second kappa shape index (κ2) is 8.27. The topological polar surface area (TPSA) is 48.5 Å². The molecule has 2 heterocycles. The van der Waals surface area contributed by atoms with Crippen LogP contribution in [-0.2, 0) is 0 Å². The van der Waals surface area contributed by atoms with E-state index in [2.05, 4.69) is 31.1 Å². The molecule has 5 nitrogen and oxygen atoms in total. The molecule has 1 aromatic heterocycles. The Kier molecular flexibility index (Phi) is 6.28. The first-order chi connectivity index (χ1) is 12.0. The van der Waals surface area contributed by atoms with Crippen molar-refractivity contribution in [3.05, 3.63) is 22.3 Å². The van der Waals surface area contributed by atoms with Crippen LogP contribution in [0.4, 0.5) is 5.82 Å². The number of nitrogens with one attached hydrogen (secondary N) is 1. The Labute approximate surface area is 163 Å². The maximum atomic E-state index is 12.9. The van der Waals surface area contributed by atoms with Gasteiger partial charge in [-0.2, -0.15) is 11.8 Å². The first-order valence-corrected chi connectivity index (χ1v) is 10.9. The Hall–Kier alpha value is -0.790. The summed E-state index contributed by atoms with van der Waals surface area (Å²) in [4.78, 5) is 21.8. The van der Waals surface area contributed by atoms with E-state index in [4.69, 9.17) is 0 Å². The number of rotatable bonds is 5. The number of nitrogens with zero attached hydrogens (tertiary/aromatic N) is 3. The first kappa shape index (κ1) is 19.0. The van der Waals surface area contributed by atoms with Crippen molar-refractivity contribution in [1.29, 1.82) is 0 Å². The van der Waals surface area contributed by atoms with E-state index in [1.165, 1.54) is 37.2 Å². The third kappa shape index (κ3) is 4.31. The molecule has 25 heavy (non-hydrogen) atoms. The predicted octanol–water partition coefficient (Wildman–Crippen LogP) is 3.00. The van der Waals surface area contributed by atoms with E-state index in [1.54, 1.807) is 6.20 Å². The number of pyridine rings is 1. The third-order valence-electron chi connectivity index (χ3n) is 5.30. The van der Waals surface area contributed by atoms with Crippen molar-refractivity contribution in [1.82, 2.24) is 15.2 Å². The molecule has 3 rings (SSSR count). The van der Waals surface area contributed by atoms with Crippen LogP contribution in [0.3, 0.4) is 0 Å². The summed E-state index contributed by atoms with van der Waals surface area (Å²) in [5, 5.41) is 3.23. The molecule has 1 aliphatic heterocycles. The quantitative estimate of drug-likeness (QED) is 0.783. The summed E-state index contributed by atoms with van der Waals surface area (Å²) in [6.07, 6.45) is 6.64. The van der Waals surface area contributed by atoms with Crippen molar-refractivity contribution in [2.75, 3.05) is 50.1 Å². The number of amides is 1. The predicted molar refractivity (Wildman–Crippen MR) is 109 cm³/mol. The van der Waals surface area contributed by atoms with Crippen LogP contribution in [0.5, 0.6) is 0 Å². The summed E-state index contributed by atoms with van der Waals surface area (Å²) in [7, 11) is 3.83. The standard InChI is InChI=1S/C18H27BrN4OS/c1-22(2)16-15(11-14(19)12-20-16)17(24)21-13-18(5-3-4-6-18)23-7-9-25-10-8-23/h11-12H,3-10,13H2,1-2H3,(H,21,24). The molecule has 1 aromatic rings. The Morgan fingerprint density at radius 3 is 2.68 bits per heavy atom. The largest absolute Gasteiger partial charge is 0.362 e. The van der Waals surface area contributed by atoms with Crippen LogP contribution in [0.15, 0.2) is 16.7 Å². The number of thioether (sulfide) groups is 1. The van der Waals surface area contributed by atoms with Gasteiger partial charge in [0.25, 0.3) is 5.91 Å². The minimum absolute atomic E-state index is 0.0323. The number of hydrogen-bond acceptors (Lipinski definition) is 5. The molecule has 0 spiro atoms. The molecule has 1 saturated heterocycles. The molecule has 0 radical (unpaired) electrons. The fourth-order valence-electron chi connectivity index (χ4n) is 3.97. The fourth-order valence-corrected chi connectivity index (χ4v) is 5.21. The Morgan fingerprint density at radius 1 is 1.36 bits per heavy atom. The van der Waals surface area contributed by atoms with Crippen LogP contribution < -0.4 is 10.2 Å². The highest BCUT2D eigenvalue weighted by molar-refractivity contribution is 9.10. The smallest absolute Gasteiger partial charge is 0.255 e. The lowest BCUT2D eigenvalue weighted by Gasteiger charge is -2.43. The van der Waals surface area contributed by atoms with Gasteiger partial charge in [-0.15, -0.1) is 0 Å². The van der Waals surface area contributed by atoms with Crippen molar-refractivity contribution < 1.29 is 4.79 Å². The van der Waals surface area contributed by atoms with Crippen LogP contribution in [0.25, 0.3) is 0 Å². The van der Waals surface area contributed by atoms with Crippen molar-refractivity contribution in [2.24, 2.45) is 0 Å². The summed E-state index contributed by atoms with van der Waals surface area (Å²) in [6.45, 7) is 3.01. The van der Waals surface area contributed by atoms with Gasteiger partial charge in [0.1, 0.15) is 5.82 Å². The molecular weight excluding hydrogens is 400 g/mol. The molecule has 1 aliphatic carbocycles. The normalized spacial score (nSPS) is 20.4. The number of aromatic nitrogens is 1. The van der Waals surface area contributed by atoms with E-state index in [0.717, 1.165) is 24.1 Å². The van der Waals surface area contributed by atoms with Gasteiger partial charge < -0.3 is 10.2 Å². The highest BCUT2D eigenvalue weighted by Gasteiger charge is 2.40. The van der Waals surface area contributed by atoms with Gasteiger partial charge in [-0.05, 0) is 34.8 Å². The highest BCUT2D eigenvalue weighted by atomic mass is 79.9.